The van der Waals surface area contributed by atoms with Gasteiger partial charge >= 0.3 is 0 Å². The first-order chi connectivity index (χ1) is 7.83. The van der Waals surface area contributed by atoms with Crippen molar-refractivity contribution in [1.29, 1.82) is 0 Å². The van der Waals surface area contributed by atoms with Crippen molar-refractivity contribution in [3.05, 3.63) is 41.5 Å². The Hall–Kier alpha value is -1.37. The molecule has 0 aliphatic heterocycles. The van der Waals surface area contributed by atoms with Crippen molar-refractivity contribution in [2.24, 2.45) is 0 Å². The van der Waals surface area contributed by atoms with Gasteiger partial charge in [-0.1, -0.05) is 43.7 Å². The summed E-state index contributed by atoms with van der Waals surface area (Å²) in [5.41, 5.74) is 3.61. The zero-order valence-electron chi connectivity index (χ0n) is 9.83. The molecule has 16 heavy (non-hydrogen) atoms. The molecule has 0 spiro atoms. The summed E-state index contributed by atoms with van der Waals surface area (Å²) in [6.07, 6.45) is 4.80. The van der Waals surface area contributed by atoms with Crippen LogP contribution in [0.25, 0.3) is 5.57 Å². The van der Waals surface area contributed by atoms with Crippen LogP contribution in [-0.2, 0) is 4.79 Å². The fourth-order valence-corrected chi connectivity index (χ4v) is 2.39. The molecule has 1 aliphatic rings. The second-order valence-electron chi connectivity index (χ2n) is 4.35. The first kappa shape index (κ1) is 11.1. The lowest BCUT2D eigenvalue weighted by Gasteiger charge is -2.19. The van der Waals surface area contributed by atoms with E-state index in [0.29, 0.717) is 5.78 Å². The summed E-state index contributed by atoms with van der Waals surface area (Å²) >= 11 is 0. The van der Waals surface area contributed by atoms with Gasteiger partial charge in [-0.2, -0.15) is 0 Å². The van der Waals surface area contributed by atoms with Gasteiger partial charge in [-0.15, -0.1) is 0 Å². The van der Waals surface area contributed by atoms with Crippen LogP contribution >= 0.6 is 0 Å². The molecule has 84 valence electrons. The number of carbonyl (C=O) groups excluding carboxylic acids is 1. The highest BCUT2D eigenvalue weighted by Gasteiger charge is 2.20. The van der Waals surface area contributed by atoms with Gasteiger partial charge in [0.15, 0.2) is 5.78 Å². The molecule has 0 aromatic heterocycles. The van der Waals surface area contributed by atoms with Gasteiger partial charge in [-0.25, -0.2) is 0 Å². The standard InChI is InChI=1S/C15H18O/c1-2-7-14-13(10-6-11-15(14)16)12-8-4-3-5-9-12/h3-5,8-9H,2,6-7,10-11H2,1H3. The maximum absolute atomic E-state index is 11.9. The van der Waals surface area contributed by atoms with Crippen molar-refractivity contribution in [1.82, 2.24) is 0 Å². The van der Waals surface area contributed by atoms with Gasteiger partial charge in [0.2, 0.25) is 0 Å². The number of benzene rings is 1. The van der Waals surface area contributed by atoms with Gasteiger partial charge in [0, 0.05) is 6.42 Å². The van der Waals surface area contributed by atoms with Crippen molar-refractivity contribution < 1.29 is 4.79 Å². The first-order valence-electron chi connectivity index (χ1n) is 6.13. The summed E-state index contributed by atoms with van der Waals surface area (Å²) in [5.74, 6) is 0.368. The molecule has 0 radical (unpaired) electrons. The van der Waals surface area contributed by atoms with Crippen molar-refractivity contribution >= 4 is 11.4 Å². The SMILES string of the molecule is CCCC1=C(c2ccccc2)CCCC1=O. The Morgan fingerprint density at radius 2 is 1.88 bits per heavy atom. The molecule has 0 fully saturated rings. The van der Waals surface area contributed by atoms with Gasteiger partial charge in [-0.05, 0) is 36.0 Å². The fraction of sp³-hybridized carbons (Fsp3) is 0.400. The Morgan fingerprint density at radius 1 is 1.12 bits per heavy atom. The van der Waals surface area contributed by atoms with E-state index in [1.165, 1.54) is 11.1 Å². The molecule has 0 atom stereocenters. The van der Waals surface area contributed by atoms with E-state index in [1.807, 2.05) is 18.2 Å². The highest BCUT2D eigenvalue weighted by molar-refractivity contribution is 6.04. The maximum atomic E-state index is 11.9. The molecule has 0 N–H and O–H groups in total. The molecule has 2 rings (SSSR count). The van der Waals surface area contributed by atoms with E-state index < -0.39 is 0 Å². The lowest BCUT2D eigenvalue weighted by Crippen LogP contribution is -2.11. The minimum Gasteiger partial charge on any atom is -0.295 e. The summed E-state index contributed by atoms with van der Waals surface area (Å²) in [4.78, 5) is 11.9. The highest BCUT2D eigenvalue weighted by atomic mass is 16.1. The maximum Gasteiger partial charge on any atom is 0.159 e. The van der Waals surface area contributed by atoms with Crippen LogP contribution in [-0.4, -0.2) is 5.78 Å². The van der Waals surface area contributed by atoms with Gasteiger partial charge in [-0.3, -0.25) is 4.79 Å². The monoisotopic (exact) mass is 214 g/mol. The predicted molar refractivity (Wildman–Crippen MR) is 67.1 cm³/mol. The Bertz CT molecular complexity index is 401. The molecule has 1 aliphatic carbocycles. The predicted octanol–water partition coefficient (Wildman–Crippen LogP) is 3.99. The van der Waals surface area contributed by atoms with E-state index in [4.69, 9.17) is 0 Å². The first-order valence-corrected chi connectivity index (χ1v) is 6.13. The summed E-state index contributed by atoms with van der Waals surface area (Å²) in [6.45, 7) is 2.14. The van der Waals surface area contributed by atoms with Crippen LogP contribution in [0.5, 0.6) is 0 Å². The molecular weight excluding hydrogens is 196 g/mol. The van der Waals surface area contributed by atoms with Crippen LogP contribution in [0.3, 0.4) is 0 Å². The zero-order valence-corrected chi connectivity index (χ0v) is 9.83. The van der Waals surface area contributed by atoms with Crippen LogP contribution in [0.1, 0.15) is 44.6 Å². The molecule has 1 nitrogen and oxygen atoms in total. The zero-order chi connectivity index (χ0) is 11.4. The van der Waals surface area contributed by atoms with E-state index in [-0.39, 0.29) is 0 Å². The largest absolute Gasteiger partial charge is 0.295 e. The number of carbonyl (C=O) groups is 1. The topological polar surface area (TPSA) is 17.1 Å². The molecule has 1 heteroatoms. The van der Waals surface area contributed by atoms with E-state index in [2.05, 4.69) is 19.1 Å². The van der Waals surface area contributed by atoms with Crippen molar-refractivity contribution in [3.63, 3.8) is 0 Å². The lowest BCUT2D eigenvalue weighted by molar-refractivity contribution is -0.116. The molecule has 0 bridgehead atoms. The van der Waals surface area contributed by atoms with Crippen LogP contribution in [0.2, 0.25) is 0 Å². The molecule has 1 aromatic rings. The van der Waals surface area contributed by atoms with Crippen LogP contribution < -0.4 is 0 Å². The van der Waals surface area contributed by atoms with E-state index in [0.717, 1.165) is 37.7 Å². The lowest BCUT2D eigenvalue weighted by atomic mass is 9.84. The minimum atomic E-state index is 0.368. The summed E-state index contributed by atoms with van der Waals surface area (Å²) < 4.78 is 0. The second-order valence-corrected chi connectivity index (χ2v) is 4.35. The number of hydrogen-bond donors (Lipinski definition) is 0. The number of allylic oxidation sites excluding steroid dienone is 2. The molecule has 0 unspecified atom stereocenters. The number of hydrogen-bond acceptors (Lipinski definition) is 1. The average Bonchev–Trinajstić information content (AvgIpc) is 2.33. The third kappa shape index (κ3) is 2.24. The van der Waals surface area contributed by atoms with Crippen molar-refractivity contribution in [3.8, 4) is 0 Å². The third-order valence-corrected chi connectivity index (χ3v) is 3.15. The highest BCUT2D eigenvalue weighted by Crippen LogP contribution is 2.32. The Labute approximate surface area is 97.2 Å². The second kappa shape index (κ2) is 5.11. The molecule has 0 heterocycles. The summed E-state index contributed by atoms with van der Waals surface area (Å²) in [6, 6.07) is 10.3. The molecule has 0 saturated carbocycles. The van der Waals surface area contributed by atoms with E-state index in [9.17, 15) is 4.79 Å². The number of ketones is 1. The molecule has 0 amide bonds. The Morgan fingerprint density at radius 3 is 2.56 bits per heavy atom. The molecular formula is C15H18O. The van der Waals surface area contributed by atoms with Gasteiger partial charge < -0.3 is 0 Å². The summed E-state index contributed by atoms with van der Waals surface area (Å²) in [5, 5.41) is 0. The van der Waals surface area contributed by atoms with E-state index >= 15 is 0 Å². The van der Waals surface area contributed by atoms with Crippen molar-refractivity contribution in [2.75, 3.05) is 0 Å². The van der Waals surface area contributed by atoms with Crippen molar-refractivity contribution in [2.45, 2.75) is 39.0 Å². The van der Waals surface area contributed by atoms with Gasteiger partial charge in [0.1, 0.15) is 0 Å². The average molecular weight is 214 g/mol. The number of Topliss-reactive ketones (excluding diaryl/α,β-unsaturated/α-hetero) is 1. The Kier molecular flexibility index (Phi) is 3.55. The van der Waals surface area contributed by atoms with Gasteiger partial charge in [0.05, 0.1) is 0 Å². The Balaban J connectivity index is 2.41. The third-order valence-electron chi connectivity index (χ3n) is 3.15. The molecule has 1 aromatic carbocycles. The smallest absolute Gasteiger partial charge is 0.159 e. The fourth-order valence-electron chi connectivity index (χ4n) is 2.39. The van der Waals surface area contributed by atoms with Crippen LogP contribution in [0.15, 0.2) is 35.9 Å². The normalized spacial score (nSPS) is 16.7. The molecule has 0 saturated heterocycles. The van der Waals surface area contributed by atoms with Crippen LogP contribution in [0, 0.1) is 0 Å². The number of rotatable bonds is 3. The quantitative estimate of drug-likeness (QED) is 0.743. The summed E-state index contributed by atoms with van der Waals surface area (Å²) in [7, 11) is 0. The van der Waals surface area contributed by atoms with E-state index in [1.54, 1.807) is 0 Å². The van der Waals surface area contributed by atoms with Gasteiger partial charge in [0.25, 0.3) is 0 Å². The van der Waals surface area contributed by atoms with Crippen LogP contribution in [0.4, 0.5) is 0 Å². The minimum absolute atomic E-state index is 0.368.